The highest BCUT2D eigenvalue weighted by Gasteiger charge is 2.01. The van der Waals surface area contributed by atoms with Gasteiger partial charge in [0.25, 0.3) is 0 Å². The third-order valence-electron chi connectivity index (χ3n) is 1.91. The van der Waals surface area contributed by atoms with E-state index in [4.69, 9.17) is 5.11 Å². The highest BCUT2D eigenvalue weighted by atomic mass is 16.3. The smallest absolute Gasteiger partial charge is 0.120 e. The van der Waals surface area contributed by atoms with Gasteiger partial charge < -0.3 is 15.5 Å². The molecule has 72 valence electrons. The molecule has 0 aliphatic rings. The molecule has 0 radical (unpaired) electrons. The fourth-order valence-corrected chi connectivity index (χ4v) is 1.01. The Labute approximate surface area is 78.0 Å². The predicted molar refractivity (Wildman–Crippen MR) is 51.5 cm³/mol. The lowest BCUT2D eigenvalue weighted by Gasteiger charge is -2.11. The van der Waals surface area contributed by atoms with Crippen molar-refractivity contribution in [2.75, 3.05) is 6.61 Å². The summed E-state index contributed by atoms with van der Waals surface area (Å²) in [6.07, 6.45) is 0. The van der Waals surface area contributed by atoms with Crippen LogP contribution in [0.2, 0.25) is 0 Å². The van der Waals surface area contributed by atoms with Gasteiger partial charge in [-0.3, -0.25) is 0 Å². The van der Waals surface area contributed by atoms with Crippen molar-refractivity contribution >= 4 is 0 Å². The number of benzene rings is 1. The average molecular weight is 181 g/mol. The Balaban J connectivity index is 2.50. The number of hydrogen-bond donors (Lipinski definition) is 3. The molecule has 0 spiro atoms. The summed E-state index contributed by atoms with van der Waals surface area (Å²) in [7, 11) is 0. The van der Waals surface area contributed by atoms with Gasteiger partial charge in [-0.2, -0.15) is 0 Å². The summed E-state index contributed by atoms with van der Waals surface area (Å²) in [4.78, 5) is 0. The molecule has 3 N–H and O–H groups in total. The summed E-state index contributed by atoms with van der Waals surface area (Å²) in [6.45, 7) is 2.57. The van der Waals surface area contributed by atoms with Gasteiger partial charge in [0.2, 0.25) is 0 Å². The van der Waals surface area contributed by atoms with E-state index < -0.39 is 0 Å². The Bertz CT molecular complexity index is 263. The summed E-state index contributed by atoms with van der Waals surface area (Å²) >= 11 is 0. The Morgan fingerprint density at radius 2 is 2.08 bits per heavy atom. The number of aromatic hydroxyl groups is 1. The van der Waals surface area contributed by atoms with Crippen LogP contribution in [0.5, 0.6) is 5.75 Å². The van der Waals surface area contributed by atoms with Gasteiger partial charge in [-0.05, 0) is 13.0 Å². The molecule has 1 aromatic rings. The van der Waals surface area contributed by atoms with Gasteiger partial charge >= 0.3 is 0 Å². The van der Waals surface area contributed by atoms with Crippen molar-refractivity contribution in [3.05, 3.63) is 29.8 Å². The fraction of sp³-hybridized carbons (Fsp3) is 0.400. The van der Waals surface area contributed by atoms with Gasteiger partial charge in [0, 0.05) is 18.2 Å². The van der Waals surface area contributed by atoms with Crippen molar-refractivity contribution in [2.24, 2.45) is 0 Å². The van der Waals surface area contributed by atoms with Gasteiger partial charge in [0.05, 0.1) is 6.61 Å². The summed E-state index contributed by atoms with van der Waals surface area (Å²) in [5.74, 6) is 0.292. The van der Waals surface area contributed by atoms with Gasteiger partial charge in [-0.25, -0.2) is 0 Å². The minimum atomic E-state index is 0.0552. The number of rotatable bonds is 4. The molecule has 0 aromatic heterocycles. The van der Waals surface area contributed by atoms with Crippen molar-refractivity contribution < 1.29 is 10.2 Å². The maximum Gasteiger partial charge on any atom is 0.120 e. The normalized spacial score (nSPS) is 12.8. The first-order valence-corrected chi connectivity index (χ1v) is 4.35. The van der Waals surface area contributed by atoms with Crippen LogP contribution >= 0.6 is 0 Å². The zero-order valence-electron chi connectivity index (χ0n) is 7.70. The molecule has 1 aromatic carbocycles. The van der Waals surface area contributed by atoms with E-state index in [1.807, 2.05) is 19.1 Å². The van der Waals surface area contributed by atoms with E-state index in [0.29, 0.717) is 12.3 Å². The summed E-state index contributed by atoms with van der Waals surface area (Å²) < 4.78 is 0. The molecule has 0 bridgehead atoms. The number of aliphatic hydroxyl groups excluding tert-OH is 1. The third-order valence-corrected chi connectivity index (χ3v) is 1.91. The Morgan fingerprint density at radius 3 is 2.69 bits per heavy atom. The highest BCUT2D eigenvalue weighted by molar-refractivity contribution is 5.31. The minimum Gasteiger partial charge on any atom is -0.508 e. The second-order valence-electron chi connectivity index (χ2n) is 3.09. The van der Waals surface area contributed by atoms with E-state index in [1.165, 1.54) is 0 Å². The molecule has 0 amide bonds. The van der Waals surface area contributed by atoms with Crippen LogP contribution < -0.4 is 5.32 Å². The monoisotopic (exact) mass is 181 g/mol. The standard InChI is InChI=1S/C10H15NO2/c1-8(7-12)11-6-9-4-2-3-5-10(9)13/h2-5,8,11-13H,6-7H2,1H3/t8-/m0/s1. The molecular formula is C10H15NO2. The topological polar surface area (TPSA) is 52.5 Å². The first-order valence-electron chi connectivity index (χ1n) is 4.35. The maximum atomic E-state index is 9.39. The Kier molecular flexibility index (Phi) is 3.73. The molecule has 0 saturated carbocycles. The zero-order valence-corrected chi connectivity index (χ0v) is 7.70. The van der Waals surface area contributed by atoms with Crippen LogP contribution in [-0.2, 0) is 6.54 Å². The van der Waals surface area contributed by atoms with Crippen LogP contribution in [0.25, 0.3) is 0 Å². The van der Waals surface area contributed by atoms with Crippen molar-refractivity contribution in [1.29, 1.82) is 0 Å². The second kappa shape index (κ2) is 4.84. The molecule has 0 unspecified atom stereocenters. The molecule has 1 rings (SSSR count). The Morgan fingerprint density at radius 1 is 1.38 bits per heavy atom. The van der Waals surface area contributed by atoms with E-state index in [-0.39, 0.29) is 12.6 Å². The third kappa shape index (κ3) is 3.05. The van der Waals surface area contributed by atoms with Crippen LogP contribution in [0.3, 0.4) is 0 Å². The molecule has 13 heavy (non-hydrogen) atoms. The maximum absolute atomic E-state index is 9.39. The number of hydrogen-bond acceptors (Lipinski definition) is 3. The lowest BCUT2D eigenvalue weighted by Crippen LogP contribution is -2.28. The number of nitrogens with one attached hydrogen (secondary N) is 1. The SMILES string of the molecule is C[C@@H](CO)NCc1ccccc1O. The van der Waals surface area contributed by atoms with Gasteiger partial charge in [-0.1, -0.05) is 18.2 Å². The number of phenols is 1. The average Bonchev–Trinajstić information content (AvgIpc) is 2.16. The van der Waals surface area contributed by atoms with Gasteiger partial charge in [0.1, 0.15) is 5.75 Å². The summed E-state index contributed by atoms with van der Waals surface area (Å²) in [5.41, 5.74) is 0.850. The minimum absolute atomic E-state index is 0.0552. The van der Waals surface area contributed by atoms with Crippen LogP contribution in [0.15, 0.2) is 24.3 Å². The number of phenolic OH excluding ortho intramolecular Hbond substituents is 1. The van der Waals surface area contributed by atoms with E-state index in [2.05, 4.69) is 5.32 Å². The number of para-hydroxylation sites is 1. The van der Waals surface area contributed by atoms with Crippen LogP contribution in [-0.4, -0.2) is 22.9 Å². The zero-order chi connectivity index (χ0) is 9.68. The van der Waals surface area contributed by atoms with E-state index >= 15 is 0 Å². The largest absolute Gasteiger partial charge is 0.508 e. The van der Waals surface area contributed by atoms with Crippen LogP contribution in [0, 0.1) is 0 Å². The molecule has 0 aliphatic carbocycles. The van der Waals surface area contributed by atoms with E-state index in [9.17, 15) is 5.11 Å². The summed E-state index contributed by atoms with van der Waals surface area (Å²) in [5, 5.41) is 21.2. The molecule has 1 atom stereocenters. The molecule has 0 fully saturated rings. The van der Waals surface area contributed by atoms with Crippen molar-refractivity contribution in [1.82, 2.24) is 5.32 Å². The van der Waals surface area contributed by atoms with Gasteiger partial charge in [-0.15, -0.1) is 0 Å². The molecule has 3 heteroatoms. The molecule has 3 nitrogen and oxygen atoms in total. The quantitative estimate of drug-likeness (QED) is 0.646. The summed E-state index contributed by atoms with van der Waals surface area (Å²) in [6, 6.07) is 7.22. The molecule has 0 aliphatic heterocycles. The molecule has 0 heterocycles. The predicted octanol–water partition coefficient (Wildman–Crippen LogP) is 0.863. The second-order valence-corrected chi connectivity index (χ2v) is 3.09. The van der Waals surface area contributed by atoms with E-state index in [0.717, 1.165) is 5.56 Å². The number of aliphatic hydroxyl groups is 1. The molecule has 0 saturated heterocycles. The van der Waals surface area contributed by atoms with E-state index in [1.54, 1.807) is 12.1 Å². The van der Waals surface area contributed by atoms with Crippen LogP contribution in [0.1, 0.15) is 12.5 Å². The Hall–Kier alpha value is -1.06. The first kappa shape index (κ1) is 10.0. The highest BCUT2D eigenvalue weighted by Crippen LogP contribution is 2.14. The fourth-order valence-electron chi connectivity index (χ4n) is 1.01. The van der Waals surface area contributed by atoms with Crippen molar-refractivity contribution in [3.8, 4) is 5.75 Å². The van der Waals surface area contributed by atoms with Crippen molar-refractivity contribution in [3.63, 3.8) is 0 Å². The lowest BCUT2D eigenvalue weighted by atomic mass is 10.2. The van der Waals surface area contributed by atoms with Gasteiger partial charge in [0.15, 0.2) is 0 Å². The first-order chi connectivity index (χ1) is 6.24. The molecular weight excluding hydrogens is 166 g/mol. The van der Waals surface area contributed by atoms with Crippen molar-refractivity contribution in [2.45, 2.75) is 19.5 Å². The lowest BCUT2D eigenvalue weighted by molar-refractivity contribution is 0.250. The van der Waals surface area contributed by atoms with Crippen LogP contribution in [0.4, 0.5) is 0 Å².